The standard InChI is InChI=1S/C12H11NOS2/c1-2-15-10-5-3-9(4-6-10)12-13-7-11(8-14)16-12/h3-8H,2H2,1H3. The maximum Gasteiger partial charge on any atom is 0.161 e. The monoisotopic (exact) mass is 249 g/mol. The van der Waals surface area contributed by atoms with Gasteiger partial charge in [-0.3, -0.25) is 4.79 Å². The molecule has 1 heterocycles. The average Bonchev–Trinajstić information content (AvgIpc) is 2.79. The molecule has 1 aromatic carbocycles. The lowest BCUT2D eigenvalue weighted by atomic mass is 10.2. The largest absolute Gasteiger partial charge is 0.297 e. The van der Waals surface area contributed by atoms with Crippen molar-refractivity contribution in [2.75, 3.05) is 5.75 Å². The zero-order valence-electron chi connectivity index (χ0n) is 8.84. The van der Waals surface area contributed by atoms with Gasteiger partial charge in [-0.25, -0.2) is 4.98 Å². The Hall–Kier alpha value is -1.13. The molecule has 0 spiro atoms. The molecule has 1 aromatic heterocycles. The number of carbonyl (C=O) groups is 1. The fourth-order valence-electron chi connectivity index (χ4n) is 1.33. The molecule has 0 fully saturated rings. The van der Waals surface area contributed by atoms with Gasteiger partial charge < -0.3 is 0 Å². The van der Waals surface area contributed by atoms with Crippen molar-refractivity contribution < 1.29 is 4.79 Å². The Morgan fingerprint density at radius 1 is 1.38 bits per heavy atom. The number of nitrogens with zero attached hydrogens (tertiary/aromatic N) is 1. The van der Waals surface area contributed by atoms with Crippen LogP contribution in [0.2, 0.25) is 0 Å². The molecule has 0 amide bonds. The van der Waals surface area contributed by atoms with Gasteiger partial charge in [0.15, 0.2) is 6.29 Å². The minimum Gasteiger partial charge on any atom is -0.297 e. The Morgan fingerprint density at radius 3 is 2.69 bits per heavy atom. The van der Waals surface area contributed by atoms with Crippen LogP contribution in [-0.2, 0) is 0 Å². The molecule has 0 bridgehead atoms. The first-order chi connectivity index (χ1) is 7.83. The number of thiazole rings is 1. The Labute approximate surface area is 103 Å². The van der Waals surface area contributed by atoms with Gasteiger partial charge in [0.25, 0.3) is 0 Å². The number of hydrogen-bond acceptors (Lipinski definition) is 4. The summed E-state index contributed by atoms with van der Waals surface area (Å²) < 4.78 is 0. The van der Waals surface area contributed by atoms with Crippen molar-refractivity contribution in [2.45, 2.75) is 11.8 Å². The molecule has 0 unspecified atom stereocenters. The second kappa shape index (κ2) is 5.27. The zero-order valence-corrected chi connectivity index (χ0v) is 10.5. The van der Waals surface area contributed by atoms with Crippen molar-refractivity contribution in [1.29, 1.82) is 0 Å². The molecule has 2 nitrogen and oxygen atoms in total. The highest BCUT2D eigenvalue weighted by Crippen LogP contribution is 2.26. The van der Waals surface area contributed by atoms with Gasteiger partial charge in [-0.05, 0) is 17.9 Å². The van der Waals surface area contributed by atoms with Crippen LogP contribution in [-0.4, -0.2) is 17.0 Å². The molecular formula is C12H11NOS2. The van der Waals surface area contributed by atoms with Crippen LogP contribution in [0, 0.1) is 0 Å². The first-order valence-electron chi connectivity index (χ1n) is 4.97. The maximum absolute atomic E-state index is 10.6. The van der Waals surface area contributed by atoms with E-state index in [0.717, 1.165) is 22.6 Å². The smallest absolute Gasteiger partial charge is 0.161 e. The highest BCUT2D eigenvalue weighted by molar-refractivity contribution is 7.99. The van der Waals surface area contributed by atoms with Crippen molar-refractivity contribution in [3.8, 4) is 10.6 Å². The Kier molecular flexibility index (Phi) is 3.74. The second-order valence-corrected chi connectivity index (χ2v) is 5.54. The van der Waals surface area contributed by atoms with Gasteiger partial charge in [0.05, 0.1) is 4.88 Å². The van der Waals surface area contributed by atoms with Gasteiger partial charge in [0.2, 0.25) is 0 Å². The van der Waals surface area contributed by atoms with E-state index in [1.54, 1.807) is 6.20 Å². The summed E-state index contributed by atoms with van der Waals surface area (Å²) in [6.07, 6.45) is 2.45. The van der Waals surface area contributed by atoms with Crippen molar-refractivity contribution in [1.82, 2.24) is 4.98 Å². The Bertz CT molecular complexity index is 476. The number of aldehydes is 1. The van der Waals surface area contributed by atoms with Crippen LogP contribution in [0.15, 0.2) is 35.4 Å². The average molecular weight is 249 g/mol. The summed E-state index contributed by atoms with van der Waals surface area (Å²) in [6, 6.07) is 8.27. The third kappa shape index (κ3) is 2.51. The number of aromatic nitrogens is 1. The zero-order chi connectivity index (χ0) is 11.4. The molecule has 2 aromatic rings. The third-order valence-electron chi connectivity index (χ3n) is 2.05. The molecule has 0 atom stereocenters. The van der Waals surface area contributed by atoms with E-state index in [1.165, 1.54) is 16.2 Å². The van der Waals surface area contributed by atoms with E-state index >= 15 is 0 Å². The molecule has 0 saturated carbocycles. The van der Waals surface area contributed by atoms with Crippen LogP contribution >= 0.6 is 23.1 Å². The summed E-state index contributed by atoms with van der Waals surface area (Å²) in [4.78, 5) is 16.7. The molecule has 0 aliphatic carbocycles. The van der Waals surface area contributed by atoms with Crippen molar-refractivity contribution in [2.24, 2.45) is 0 Å². The van der Waals surface area contributed by atoms with Gasteiger partial charge in [0.1, 0.15) is 5.01 Å². The summed E-state index contributed by atoms with van der Waals surface area (Å²) in [5.74, 6) is 1.08. The van der Waals surface area contributed by atoms with Gasteiger partial charge >= 0.3 is 0 Å². The third-order valence-corrected chi connectivity index (χ3v) is 3.92. The number of thioether (sulfide) groups is 1. The summed E-state index contributed by atoms with van der Waals surface area (Å²) in [5.41, 5.74) is 1.07. The molecular weight excluding hydrogens is 238 g/mol. The van der Waals surface area contributed by atoms with E-state index in [4.69, 9.17) is 0 Å². The molecule has 82 valence electrons. The molecule has 0 saturated heterocycles. The van der Waals surface area contributed by atoms with Crippen LogP contribution in [0.3, 0.4) is 0 Å². The molecule has 0 aliphatic rings. The lowest BCUT2D eigenvalue weighted by Crippen LogP contribution is -1.76. The number of carbonyl (C=O) groups excluding carboxylic acids is 1. The molecule has 0 radical (unpaired) electrons. The fraction of sp³-hybridized carbons (Fsp3) is 0.167. The van der Waals surface area contributed by atoms with Crippen LogP contribution in [0.1, 0.15) is 16.6 Å². The topological polar surface area (TPSA) is 30.0 Å². The van der Waals surface area contributed by atoms with Crippen molar-refractivity contribution in [3.05, 3.63) is 35.3 Å². The minimum absolute atomic E-state index is 0.669. The number of rotatable bonds is 4. The highest BCUT2D eigenvalue weighted by Gasteiger charge is 2.03. The van der Waals surface area contributed by atoms with Crippen LogP contribution in [0.5, 0.6) is 0 Å². The SMILES string of the molecule is CCSc1ccc(-c2ncc(C=O)s2)cc1. The summed E-state index contributed by atoms with van der Waals surface area (Å²) in [6.45, 7) is 2.13. The second-order valence-electron chi connectivity index (χ2n) is 3.14. The highest BCUT2D eigenvalue weighted by atomic mass is 32.2. The van der Waals surface area contributed by atoms with E-state index in [1.807, 2.05) is 23.9 Å². The van der Waals surface area contributed by atoms with E-state index in [2.05, 4.69) is 24.0 Å². The number of hydrogen-bond donors (Lipinski definition) is 0. The van der Waals surface area contributed by atoms with Gasteiger partial charge in [-0.15, -0.1) is 23.1 Å². The van der Waals surface area contributed by atoms with Gasteiger partial charge in [0, 0.05) is 16.7 Å². The summed E-state index contributed by atoms with van der Waals surface area (Å²) in [5, 5.41) is 0.898. The molecule has 0 aliphatic heterocycles. The lowest BCUT2D eigenvalue weighted by Gasteiger charge is -1.99. The predicted octanol–water partition coefficient (Wildman–Crippen LogP) is 3.73. The normalized spacial score (nSPS) is 10.3. The van der Waals surface area contributed by atoms with E-state index in [-0.39, 0.29) is 0 Å². The van der Waals surface area contributed by atoms with E-state index < -0.39 is 0 Å². The van der Waals surface area contributed by atoms with E-state index in [9.17, 15) is 4.79 Å². The van der Waals surface area contributed by atoms with E-state index in [0.29, 0.717) is 4.88 Å². The maximum atomic E-state index is 10.6. The fourth-order valence-corrected chi connectivity index (χ4v) is 2.73. The minimum atomic E-state index is 0.669. The first kappa shape index (κ1) is 11.4. The molecule has 2 rings (SSSR count). The number of benzene rings is 1. The Balaban J connectivity index is 2.23. The Morgan fingerprint density at radius 2 is 2.12 bits per heavy atom. The quantitative estimate of drug-likeness (QED) is 0.611. The van der Waals surface area contributed by atoms with Crippen molar-refractivity contribution >= 4 is 29.4 Å². The van der Waals surface area contributed by atoms with Gasteiger partial charge in [-0.2, -0.15) is 0 Å². The summed E-state index contributed by atoms with van der Waals surface area (Å²) in [7, 11) is 0. The molecule has 4 heteroatoms. The van der Waals surface area contributed by atoms with Crippen LogP contribution < -0.4 is 0 Å². The van der Waals surface area contributed by atoms with Crippen molar-refractivity contribution in [3.63, 3.8) is 0 Å². The first-order valence-corrected chi connectivity index (χ1v) is 6.78. The predicted molar refractivity (Wildman–Crippen MR) is 69.3 cm³/mol. The molecule has 16 heavy (non-hydrogen) atoms. The van der Waals surface area contributed by atoms with Crippen LogP contribution in [0.4, 0.5) is 0 Å². The molecule has 0 N–H and O–H groups in total. The summed E-state index contributed by atoms with van der Waals surface area (Å²) >= 11 is 3.23. The van der Waals surface area contributed by atoms with Crippen LogP contribution in [0.25, 0.3) is 10.6 Å². The van der Waals surface area contributed by atoms with Gasteiger partial charge in [-0.1, -0.05) is 19.1 Å². The lowest BCUT2D eigenvalue weighted by molar-refractivity contribution is 0.112.